The normalized spacial score (nSPS) is 27.8. The van der Waals surface area contributed by atoms with Gasteiger partial charge in [-0.15, -0.1) is 0 Å². The first kappa shape index (κ1) is 20.2. The summed E-state index contributed by atoms with van der Waals surface area (Å²) in [4.78, 5) is 14.7. The van der Waals surface area contributed by atoms with Crippen LogP contribution in [0.25, 0.3) is 0 Å². The van der Waals surface area contributed by atoms with Gasteiger partial charge in [-0.05, 0) is 47.0 Å². The summed E-state index contributed by atoms with van der Waals surface area (Å²) in [6.07, 6.45) is 10.3. The number of carbonyl (C=O) groups is 1. The van der Waals surface area contributed by atoms with Gasteiger partial charge in [0, 0.05) is 0 Å². The highest BCUT2D eigenvalue weighted by Crippen LogP contribution is 2.39. The maximum absolute atomic E-state index is 12.9. The van der Waals surface area contributed by atoms with E-state index in [2.05, 4.69) is 0 Å². The molecule has 1 amide bonds. The van der Waals surface area contributed by atoms with Crippen molar-refractivity contribution in [3.8, 4) is 0 Å². The summed E-state index contributed by atoms with van der Waals surface area (Å²) in [5, 5.41) is 9.14. The van der Waals surface area contributed by atoms with E-state index < -0.39 is 11.3 Å². The van der Waals surface area contributed by atoms with E-state index >= 15 is 0 Å². The van der Waals surface area contributed by atoms with E-state index in [9.17, 15) is 4.79 Å². The number of ether oxygens (including phenoxy) is 2. The third kappa shape index (κ3) is 5.45. The minimum absolute atomic E-state index is 0.0249. The summed E-state index contributed by atoms with van der Waals surface area (Å²) >= 11 is 0. The highest BCUT2D eigenvalue weighted by molar-refractivity contribution is 5.70. The van der Waals surface area contributed by atoms with E-state index in [0.29, 0.717) is 5.92 Å². The van der Waals surface area contributed by atoms with Crippen LogP contribution < -0.4 is 0 Å². The summed E-state index contributed by atoms with van der Waals surface area (Å²) in [5.41, 5.74) is -1.27. The molecular weight excluding hydrogens is 318 g/mol. The van der Waals surface area contributed by atoms with Crippen molar-refractivity contribution >= 4 is 6.09 Å². The zero-order valence-corrected chi connectivity index (χ0v) is 16.5. The second-order valence-corrected chi connectivity index (χ2v) is 8.80. The van der Waals surface area contributed by atoms with E-state index in [1.807, 2.05) is 40.7 Å². The van der Waals surface area contributed by atoms with Gasteiger partial charge in [0.1, 0.15) is 11.3 Å². The van der Waals surface area contributed by atoms with Crippen molar-refractivity contribution < 1.29 is 19.4 Å². The molecule has 0 radical (unpaired) electrons. The van der Waals surface area contributed by atoms with Crippen molar-refractivity contribution in [2.24, 2.45) is 5.92 Å². The molecule has 1 saturated heterocycles. The van der Waals surface area contributed by atoms with Gasteiger partial charge < -0.3 is 14.6 Å². The fourth-order valence-corrected chi connectivity index (χ4v) is 4.05. The van der Waals surface area contributed by atoms with Crippen molar-refractivity contribution in [3.05, 3.63) is 12.2 Å². The number of rotatable bonds is 4. The molecule has 5 nitrogen and oxygen atoms in total. The number of nitrogens with zero attached hydrogens (tertiary/aromatic N) is 1. The molecule has 2 rings (SSSR count). The number of carbonyl (C=O) groups excluding carboxylic acids is 1. The minimum atomic E-state index is -0.730. The zero-order valence-electron chi connectivity index (χ0n) is 16.5. The first-order chi connectivity index (χ1) is 11.6. The highest BCUT2D eigenvalue weighted by Gasteiger charge is 2.50. The molecule has 0 aromatic rings. The summed E-state index contributed by atoms with van der Waals surface area (Å²) in [6, 6.07) is -0.0595. The molecule has 0 aromatic carbocycles. The van der Waals surface area contributed by atoms with E-state index in [0.717, 1.165) is 6.42 Å². The zero-order chi connectivity index (χ0) is 18.7. The standard InChI is InChI=1S/C20H35NO4/c1-19(2,3)25-18(23)21-16(14-15-10-7-6-8-11-15)17(12-9-13-22)24-20(21,4)5/h9,12,15-17,22H,6-8,10-11,13-14H2,1-5H3/t16-,17+/m0/s1. The molecule has 0 spiro atoms. The first-order valence-electron chi connectivity index (χ1n) is 9.62. The Balaban J connectivity index is 2.23. The molecule has 0 bridgehead atoms. The molecule has 25 heavy (non-hydrogen) atoms. The average Bonchev–Trinajstić information content (AvgIpc) is 2.74. The van der Waals surface area contributed by atoms with Crippen LogP contribution in [-0.4, -0.2) is 46.2 Å². The van der Waals surface area contributed by atoms with Crippen LogP contribution in [0.5, 0.6) is 0 Å². The lowest BCUT2D eigenvalue weighted by Gasteiger charge is -2.36. The van der Waals surface area contributed by atoms with E-state index in [1.165, 1.54) is 32.1 Å². The van der Waals surface area contributed by atoms with E-state index in [1.54, 1.807) is 11.0 Å². The number of hydrogen-bond acceptors (Lipinski definition) is 4. The second-order valence-electron chi connectivity index (χ2n) is 8.80. The van der Waals surface area contributed by atoms with Crippen LogP contribution in [0.15, 0.2) is 12.2 Å². The number of aliphatic hydroxyl groups excluding tert-OH is 1. The van der Waals surface area contributed by atoms with Crippen LogP contribution in [0, 0.1) is 5.92 Å². The van der Waals surface area contributed by atoms with Crippen molar-refractivity contribution in [2.75, 3.05) is 6.61 Å². The fourth-order valence-electron chi connectivity index (χ4n) is 4.05. The van der Waals surface area contributed by atoms with Crippen LogP contribution >= 0.6 is 0 Å². The van der Waals surface area contributed by atoms with Gasteiger partial charge in [0.15, 0.2) is 0 Å². The van der Waals surface area contributed by atoms with Crippen molar-refractivity contribution in [2.45, 2.75) is 96.6 Å². The quantitative estimate of drug-likeness (QED) is 0.768. The molecule has 1 aliphatic heterocycles. The lowest BCUT2D eigenvalue weighted by Crippen LogP contribution is -2.50. The lowest BCUT2D eigenvalue weighted by molar-refractivity contribution is -0.0720. The Labute approximate surface area is 152 Å². The van der Waals surface area contributed by atoms with Crippen LogP contribution in [0.1, 0.15) is 73.1 Å². The highest BCUT2D eigenvalue weighted by atomic mass is 16.6. The van der Waals surface area contributed by atoms with Gasteiger partial charge in [-0.2, -0.15) is 0 Å². The molecule has 2 fully saturated rings. The van der Waals surface area contributed by atoms with Gasteiger partial charge in [-0.1, -0.05) is 44.3 Å². The van der Waals surface area contributed by atoms with Gasteiger partial charge in [0.05, 0.1) is 18.8 Å². The Morgan fingerprint density at radius 3 is 2.48 bits per heavy atom. The van der Waals surface area contributed by atoms with Crippen molar-refractivity contribution in [3.63, 3.8) is 0 Å². The van der Waals surface area contributed by atoms with Gasteiger partial charge in [-0.3, -0.25) is 4.90 Å². The molecule has 0 aromatic heterocycles. The topological polar surface area (TPSA) is 59.0 Å². The van der Waals surface area contributed by atoms with Gasteiger partial charge in [-0.25, -0.2) is 4.79 Å². The number of aliphatic hydroxyl groups is 1. The Kier molecular flexibility index (Phi) is 6.55. The molecule has 1 saturated carbocycles. The van der Waals surface area contributed by atoms with Crippen LogP contribution in [0.3, 0.4) is 0 Å². The monoisotopic (exact) mass is 353 g/mol. The Morgan fingerprint density at radius 1 is 1.28 bits per heavy atom. The van der Waals surface area contributed by atoms with Crippen molar-refractivity contribution in [1.29, 1.82) is 0 Å². The predicted molar refractivity (Wildman–Crippen MR) is 98.2 cm³/mol. The smallest absolute Gasteiger partial charge is 0.412 e. The lowest BCUT2D eigenvalue weighted by atomic mass is 9.83. The molecule has 0 unspecified atom stereocenters. The van der Waals surface area contributed by atoms with Gasteiger partial charge in [0.25, 0.3) is 0 Å². The molecule has 2 aliphatic rings. The SMILES string of the molecule is CC(C)(C)OC(=O)N1[C@@H](CC2CCCCC2)[C@@H](C=CCO)OC1(C)C. The molecule has 2 atom stereocenters. The van der Waals surface area contributed by atoms with E-state index in [4.69, 9.17) is 14.6 Å². The Hall–Kier alpha value is -1.07. The largest absolute Gasteiger partial charge is 0.444 e. The molecule has 1 heterocycles. The Morgan fingerprint density at radius 2 is 1.92 bits per heavy atom. The van der Waals surface area contributed by atoms with Crippen LogP contribution in [0.2, 0.25) is 0 Å². The third-order valence-electron chi connectivity index (χ3n) is 5.04. The summed E-state index contributed by atoms with van der Waals surface area (Å²) in [5.74, 6) is 0.617. The minimum Gasteiger partial charge on any atom is -0.444 e. The molecule has 1 aliphatic carbocycles. The first-order valence-corrected chi connectivity index (χ1v) is 9.62. The van der Waals surface area contributed by atoms with Gasteiger partial charge >= 0.3 is 6.09 Å². The summed E-state index contributed by atoms with van der Waals surface area (Å²) in [6.45, 7) is 9.45. The maximum Gasteiger partial charge on any atom is 0.412 e. The van der Waals surface area contributed by atoms with Crippen LogP contribution in [0.4, 0.5) is 4.79 Å². The van der Waals surface area contributed by atoms with Crippen molar-refractivity contribution in [1.82, 2.24) is 4.90 Å². The second kappa shape index (κ2) is 8.09. The van der Waals surface area contributed by atoms with E-state index in [-0.39, 0.29) is 24.8 Å². The fraction of sp³-hybridized carbons (Fsp3) is 0.850. The maximum atomic E-state index is 12.9. The average molecular weight is 354 g/mol. The Bertz CT molecular complexity index is 475. The third-order valence-corrected chi connectivity index (χ3v) is 5.04. The molecule has 1 N–H and O–H groups in total. The molecule has 5 heteroatoms. The molecule has 144 valence electrons. The number of amides is 1. The summed E-state index contributed by atoms with van der Waals surface area (Å²) < 4.78 is 11.8. The molecular formula is C20H35NO4. The predicted octanol–water partition coefficient (Wildman–Crippen LogP) is 4.25. The van der Waals surface area contributed by atoms with Gasteiger partial charge in [0.2, 0.25) is 0 Å². The number of hydrogen-bond donors (Lipinski definition) is 1. The summed E-state index contributed by atoms with van der Waals surface area (Å²) in [7, 11) is 0. The van der Waals surface area contributed by atoms with Crippen LogP contribution in [-0.2, 0) is 9.47 Å².